The Hall–Kier alpha value is -1.68. The summed E-state index contributed by atoms with van der Waals surface area (Å²) in [6, 6.07) is 1.65. The second-order valence-corrected chi connectivity index (χ2v) is 3.61. The summed E-state index contributed by atoms with van der Waals surface area (Å²) in [7, 11) is 3.05. The third kappa shape index (κ3) is 1.42. The number of carbonyl (C=O) groups is 1. The van der Waals surface area contributed by atoms with Crippen LogP contribution in [0.4, 0.5) is 0 Å². The van der Waals surface area contributed by atoms with Gasteiger partial charge in [-0.2, -0.15) is 0 Å². The molecule has 0 atom stereocenters. The maximum atomic E-state index is 10.9. The Bertz CT molecular complexity index is 548. The summed E-state index contributed by atoms with van der Waals surface area (Å²) in [5, 5.41) is 1.05. The lowest BCUT2D eigenvalue weighted by Crippen LogP contribution is -1.91. The van der Waals surface area contributed by atoms with Crippen LogP contribution in [0.1, 0.15) is 10.4 Å². The Balaban J connectivity index is 2.91. The molecule has 0 radical (unpaired) electrons. The van der Waals surface area contributed by atoms with Crippen LogP contribution in [0.5, 0.6) is 11.5 Å². The first-order chi connectivity index (χ1) is 7.72. The zero-order valence-electron chi connectivity index (χ0n) is 8.83. The average molecular weight is 240 g/mol. The molecule has 1 heterocycles. The summed E-state index contributed by atoms with van der Waals surface area (Å²) in [6.45, 7) is 0. The van der Waals surface area contributed by atoms with Crippen LogP contribution in [0.25, 0.3) is 10.9 Å². The highest BCUT2D eigenvalue weighted by Crippen LogP contribution is 2.40. The zero-order valence-corrected chi connectivity index (χ0v) is 9.59. The van der Waals surface area contributed by atoms with Crippen LogP contribution in [-0.2, 0) is 0 Å². The van der Waals surface area contributed by atoms with E-state index in [2.05, 4.69) is 4.98 Å². The molecule has 0 saturated heterocycles. The standard InChI is InChI=1S/C11H10ClNO3/c1-15-8-3-7(12)11(16-2)9-6(5-14)4-13-10(8)9/h3-5,13H,1-2H3. The van der Waals surface area contributed by atoms with E-state index in [0.29, 0.717) is 33.0 Å². The fourth-order valence-corrected chi connectivity index (χ4v) is 1.97. The van der Waals surface area contributed by atoms with Crippen LogP contribution < -0.4 is 9.47 Å². The van der Waals surface area contributed by atoms with Crippen molar-refractivity contribution in [3.63, 3.8) is 0 Å². The highest BCUT2D eigenvalue weighted by atomic mass is 35.5. The fraction of sp³-hybridized carbons (Fsp3) is 0.182. The number of aromatic amines is 1. The fourth-order valence-electron chi connectivity index (χ4n) is 1.70. The molecule has 0 aliphatic rings. The van der Waals surface area contributed by atoms with E-state index >= 15 is 0 Å². The second kappa shape index (κ2) is 4.06. The molecule has 4 nitrogen and oxygen atoms in total. The van der Waals surface area contributed by atoms with Gasteiger partial charge in [0.05, 0.1) is 30.1 Å². The summed E-state index contributed by atoms with van der Waals surface area (Å²) in [5.74, 6) is 1.05. The SMILES string of the molecule is COc1cc(Cl)c(OC)c2c(C=O)c[nH]c12. The lowest BCUT2D eigenvalue weighted by atomic mass is 10.1. The Labute approximate surface area is 97.1 Å². The minimum absolute atomic E-state index is 0.412. The minimum Gasteiger partial charge on any atom is -0.494 e. The van der Waals surface area contributed by atoms with Gasteiger partial charge in [0.2, 0.25) is 0 Å². The predicted molar refractivity (Wildman–Crippen MR) is 61.8 cm³/mol. The first-order valence-corrected chi connectivity index (χ1v) is 4.97. The Morgan fingerprint density at radius 2 is 2.12 bits per heavy atom. The van der Waals surface area contributed by atoms with E-state index in [0.717, 1.165) is 6.29 Å². The molecule has 0 unspecified atom stereocenters. The molecule has 1 N–H and O–H groups in total. The summed E-state index contributed by atoms with van der Waals surface area (Å²) in [4.78, 5) is 13.9. The molecular weight excluding hydrogens is 230 g/mol. The van der Waals surface area contributed by atoms with Gasteiger partial charge in [0.1, 0.15) is 11.5 Å². The second-order valence-electron chi connectivity index (χ2n) is 3.21. The van der Waals surface area contributed by atoms with Crippen molar-refractivity contribution >= 4 is 28.8 Å². The number of aromatic nitrogens is 1. The topological polar surface area (TPSA) is 51.3 Å². The molecule has 1 aromatic carbocycles. The van der Waals surface area contributed by atoms with Crippen molar-refractivity contribution < 1.29 is 14.3 Å². The summed E-state index contributed by atoms with van der Waals surface area (Å²) < 4.78 is 10.4. The largest absolute Gasteiger partial charge is 0.494 e. The van der Waals surface area contributed by atoms with Crippen LogP contribution >= 0.6 is 11.6 Å². The minimum atomic E-state index is 0.412. The van der Waals surface area contributed by atoms with E-state index in [1.807, 2.05) is 0 Å². The third-order valence-electron chi connectivity index (χ3n) is 2.41. The number of aldehydes is 1. The van der Waals surface area contributed by atoms with Crippen LogP contribution in [0.3, 0.4) is 0 Å². The van der Waals surface area contributed by atoms with Crippen LogP contribution in [0.2, 0.25) is 5.02 Å². The van der Waals surface area contributed by atoms with E-state index in [4.69, 9.17) is 21.1 Å². The highest BCUT2D eigenvalue weighted by Gasteiger charge is 2.16. The average Bonchev–Trinajstić information content (AvgIpc) is 2.71. The molecule has 0 amide bonds. The van der Waals surface area contributed by atoms with Gasteiger partial charge < -0.3 is 14.5 Å². The van der Waals surface area contributed by atoms with E-state index in [1.165, 1.54) is 7.11 Å². The van der Waals surface area contributed by atoms with E-state index in [9.17, 15) is 4.79 Å². The zero-order chi connectivity index (χ0) is 11.7. The quantitative estimate of drug-likeness (QED) is 0.838. The molecule has 0 spiro atoms. The number of H-pyrrole nitrogens is 1. The number of carbonyl (C=O) groups excluding carboxylic acids is 1. The summed E-state index contributed by atoms with van der Waals surface area (Å²) in [6.07, 6.45) is 2.34. The number of hydrogen-bond acceptors (Lipinski definition) is 3. The van der Waals surface area contributed by atoms with Crippen molar-refractivity contribution in [2.75, 3.05) is 14.2 Å². The Morgan fingerprint density at radius 3 is 2.69 bits per heavy atom. The molecule has 2 aromatic rings. The van der Waals surface area contributed by atoms with Gasteiger partial charge in [-0.05, 0) is 0 Å². The number of halogens is 1. The highest BCUT2D eigenvalue weighted by molar-refractivity contribution is 6.34. The van der Waals surface area contributed by atoms with Crippen LogP contribution in [0.15, 0.2) is 12.3 Å². The van der Waals surface area contributed by atoms with Gasteiger partial charge in [0.25, 0.3) is 0 Å². The van der Waals surface area contributed by atoms with Crippen molar-refractivity contribution in [3.05, 3.63) is 22.8 Å². The number of nitrogens with one attached hydrogen (secondary N) is 1. The summed E-state index contributed by atoms with van der Waals surface area (Å²) >= 11 is 6.04. The molecule has 0 fully saturated rings. The molecule has 2 rings (SSSR count). The monoisotopic (exact) mass is 239 g/mol. The molecule has 16 heavy (non-hydrogen) atoms. The lowest BCUT2D eigenvalue weighted by molar-refractivity contribution is 0.112. The smallest absolute Gasteiger partial charge is 0.152 e. The van der Waals surface area contributed by atoms with Gasteiger partial charge in [-0.1, -0.05) is 11.6 Å². The van der Waals surface area contributed by atoms with Gasteiger partial charge in [-0.3, -0.25) is 4.79 Å². The van der Waals surface area contributed by atoms with E-state index in [1.54, 1.807) is 19.4 Å². The van der Waals surface area contributed by atoms with Gasteiger partial charge in [-0.15, -0.1) is 0 Å². The molecule has 0 saturated carbocycles. The van der Waals surface area contributed by atoms with Gasteiger partial charge in [-0.25, -0.2) is 0 Å². The van der Waals surface area contributed by atoms with Crippen LogP contribution in [-0.4, -0.2) is 25.5 Å². The molecule has 0 aliphatic carbocycles. The van der Waals surface area contributed by atoms with E-state index in [-0.39, 0.29) is 0 Å². The number of hydrogen-bond donors (Lipinski definition) is 1. The van der Waals surface area contributed by atoms with Crippen molar-refractivity contribution in [2.24, 2.45) is 0 Å². The maximum Gasteiger partial charge on any atom is 0.152 e. The van der Waals surface area contributed by atoms with E-state index < -0.39 is 0 Å². The lowest BCUT2D eigenvalue weighted by Gasteiger charge is -2.08. The van der Waals surface area contributed by atoms with Gasteiger partial charge in [0, 0.05) is 17.8 Å². The first kappa shape index (κ1) is 10.8. The number of fused-ring (bicyclic) bond motifs is 1. The van der Waals surface area contributed by atoms with Gasteiger partial charge >= 0.3 is 0 Å². The normalized spacial score (nSPS) is 10.4. The number of methoxy groups -OCH3 is 2. The Morgan fingerprint density at radius 1 is 1.38 bits per heavy atom. The predicted octanol–water partition coefficient (Wildman–Crippen LogP) is 2.65. The maximum absolute atomic E-state index is 10.9. The molecule has 0 bridgehead atoms. The number of benzene rings is 1. The number of ether oxygens (including phenoxy) is 2. The molecule has 84 valence electrons. The third-order valence-corrected chi connectivity index (χ3v) is 2.69. The first-order valence-electron chi connectivity index (χ1n) is 4.59. The van der Waals surface area contributed by atoms with Crippen molar-refractivity contribution in [2.45, 2.75) is 0 Å². The Kier molecular flexibility index (Phi) is 2.75. The van der Waals surface area contributed by atoms with Crippen molar-refractivity contribution in [3.8, 4) is 11.5 Å². The van der Waals surface area contributed by atoms with Crippen LogP contribution in [0, 0.1) is 0 Å². The van der Waals surface area contributed by atoms with Crippen molar-refractivity contribution in [1.82, 2.24) is 4.98 Å². The molecular formula is C11H10ClNO3. The summed E-state index contributed by atoms with van der Waals surface area (Å²) in [5.41, 5.74) is 1.19. The van der Waals surface area contributed by atoms with Crippen molar-refractivity contribution in [1.29, 1.82) is 0 Å². The molecule has 1 aromatic heterocycles. The molecule has 0 aliphatic heterocycles. The van der Waals surface area contributed by atoms with Gasteiger partial charge in [0.15, 0.2) is 6.29 Å². The number of rotatable bonds is 3. The molecule has 5 heteroatoms.